The van der Waals surface area contributed by atoms with Crippen molar-refractivity contribution in [2.45, 2.75) is 85.5 Å². The summed E-state index contributed by atoms with van der Waals surface area (Å²) in [5.74, 6) is 1.70. The van der Waals surface area contributed by atoms with Crippen LogP contribution in [0.2, 0.25) is 0 Å². The average Bonchev–Trinajstić information content (AvgIpc) is 3.19. The van der Waals surface area contributed by atoms with Crippen LogP contribution in [0.25, 0.3) is 16.5 Å². The quantitative estimate of drug-likeness (QED) is 0.381. The minimum Gasteiger partial charge on any atom is -0.354 e. The number of H-pyrrole nitrogens is 1. The van der Waals surface area contributed by atoms with Gasteiger partial charge in [-0.2, -0.15) is 0 Å². The van der Waals surface area contributed by atoms with Crippen LogP contribution in [-0.2, 0) is 0 Å². The fraction of sp³-hybridized carbons (Fsp3) is 0.548. The van der Waals surface area contributed by atoms with Crippen molar-refractivity contribution >= 4 is 16.5 Å². The lowest BCUT2D eigenvalue weighted by Crippen LogP contribution is -2.29. The summed E-state index contributed by atoms with van der Waals surface area (Å²) < 4.78 is 0. The van der Waals surface area contributed by atoms with Gasteiger partial charge in [0.05, 0.1) is 5.69 Å². The van der Waals surface area contributed by atoms with Crippen molar-refractivity contribution < 1.29 is 0 Å². The fourth-order valence-electron chi connectivity index (χ4n) is 5.27. The van der Waals surface area contributed by atoms with Crippen molar-refractivity contribution in [2.75, 3.05) is 20.1 Å². The van der Waals surface area contributed by atoms with E-state index in [1.54, 1.807) is 0 Å². The largest absolute Gasteiger partial charge is 0.354 e. The maximum atomic E-state index is 4.20. The van der Waals surface area contributed by atoms with Crippen LogP contribution in [0.3, 0.4) is 0 Å². The zero-order valence-electron chi connectivity index (χ0n) is 22.2. The predicted octanol–water partition coefficient (Wildman–Crippen LogP) is 8.83. The van der Waals surface area contributed by atoms with Crippen LogP contribution in [0.1, 0.15) is 102 Å². The van der Waals surface area contributed by atoms with E-state index in [9.17, 15) is 0 Å². The first-order valence-electron chi connectivity index (χ1n) is 13.2. The van der Waals surface area contributed by atoms with E-state index in [1.165, 1.54) is 70.4 Å². The van der Waals surface area contributed by atoms with Gasteiger partial charge in [-0.25, -0.2) is 0 Å². The van der Waals surface area contributed by atoms with Crippen LogP contribution in [0.5, 0.6) is 0 Å². The van der Waals surface area contributed by atoms with Gasteiger partial charge in [-0.15, -0.1) is 0 Å². The number of nitrogens with one attached hydrogen (secondary N) is 1. The number of piperidine rings is 1. The van der Waals surface area contributed by atoms with Gasteiger partial charge >= 0.3 is 0 Å². The highest BCUT2D eigenvalue weighted by atomic mass is 15.1. The molecule has 180 valence electrons. The van der Waals surface area contributed by atoms with Gasteiger partial charge in [-0.3, -0.25) is 0 Å². The molecule has 33 heavy (non-hydrogen) atoms. The molecule has 0 aliphatic carbocycles. The van der Waals surface area contributed by atoms with Gasteiger partial charge in [0.2, 0.25) is 0 Å². The van der Waals surface area contributed by atoms with Crippen LogP contribution >= 0.6 is 0 Å². The van der Waals surface area contributed by atoms with Crippen LogP contribution < -0.4 is 0 Å². The van der Waals surface area contributed by atoms with Crippen molar-refractivity contribution in [3.05, 3.63) is 64.9 Å². The van der Waals surface area contributed by atoms with Gasteiger partial charge in [-0.1, -0.05) is 71.4 Å². The van der Waals surface area contributed by atoms with Gasteiger partial charge in [0.15, 0.2) is 0 Å². The molecule has 2 heterocycles. The average molecular weight is 447 g/mol. The van der Waals surface area contributed by atoms with Gasteiger partial charge in [0.25, 0.3) is 0 Å². The minimum absolute atomic E-state index is 0.446. The molecule has 0 saturated carbocycles. The first kappa shape index (κ1) is 25.6. The van der Waals surface area contributed by atoms with Crippen LogP contribution in [0.15, 0.2) is 48.1 Å². The first-order valence-corrected chi connectivity index (χ1v) is 13.2. The molecule has 1 saturated heterocycles. The standard InChI is InChI=1S/C31H46N2/c1-9-12-24(11-3)27(19-23(7)22(6)10-2)31-30(21(4)5)28-20-26(13-14-29(28)32-31)25-15-17-33(8)18-16-25/h11,13-14,19-22,25,32H,3,9-10,12,15-18H2,1-2,4-8H3/b23-19-,27-24-. The van der Waals surface area contributed by atoms with E-state index in [0.29, 0.717) is 17.8 Å². The van der Waals surface area contributed by atoms with Crippen LogP contribution in [0, 0.1) is 5.92 Å². The van der Waals surface area contributed by atoms with Crippen LogP contribution in [0.4, 0.5) is 0 Å². The van der Waals surface area contributed by atoms with Crippen molar-refractivity contribution in [1.29, 1.82) is 0 Å². The van der Waals surface area contributed by atoms with Crippen molar-refractivity contribution in [3.63, 3.8) is 0 Å². The second kappa shape index (κ2) is 11.4. The second-order valence-corrected chi connectivity index (χ2v) is 10.5. The summed E-state index contributed by atoms with van der Waals surface area (Å²) in [6, 6.07) is 7.19. The van der Waals surface area contributed by atoms with Crippen molar-refractivity contribution in [3.8, 4) is 0 Å². The summed E-state index contributed by atoms with van der Waals surface area (Å²) in [6.07, 6.45) is 10.4. The highest BCUT2D eigenvalue weighted by Gasteiger charge is 2.22. The Hall–Kier alpha value is -2.06. The molecule has 1 aromatic carbocycles. The zero-order valence-corrected chi connectivity index (χ0v) is 22.2. The topological polar surface area (TPSA) is 19.0 Å². The summed E-state index contributed by atoms with van der Waals surface area (Å²) in [7, 11) is 2.24. The molecular weight excluding hydrogens is 400 g/mol. The molecule has 1 aliphatic rings. The van der Waals surface area contributed by atoms with Gasteiger partial charge in [-0.05, 0) is 99.3 Å². The Labute approximate surface area is 202 Å². The maximum absolute atomic E-state index is 4.20. The lowest BCUT2D eigenvalue weighted by Gasteiger charge is -2.29. The lowest BCUT2D eigenvalue weighted by atomic mass is 9.87. The Morgan fingerprint density at radius 2 is 1.88 bits per heavy atom. The first-order chi connectivity index (χ1) is 15.8. The van der Waals surface area contributed by atoms with Gasteiger partial charge in [0.1, 0.15) is 0 Å². The summed E-state index contributed by atoms with van der Waals surface area (Å²) >= 11 is 0. The number of nitrogens with zero attached hydrogens (tertiary/aromatic N) is 1. The summed E-state index contributed by atoms with van der Waals surface area (Å²) in [5, 5.41) is 1.41. The van der Waals surface area contributed by atoms with Crippen molar-refractivity contribution in [2.24, 2.45) is 5.92 Å². The molecule has 0 radical (unpaired) electrons. The number of hydrogen-bond acceptors (Lipinski definition) is 1. The van der Waals surface area contributed by atoms with E-state index < -0.39 is 0 Å². The number of aromatic nitrogens is 1. The van der Waals surface area contributed by atoms with Gasteiger partial charge < -0.3 is 9.88 Å². The molecule has 2 aromatic rings. The van der Waals surface area contributed by atoms with E-state index in [0.717, 1.165) is 19.3 Å². The molecule has 1 N–H and O–H groups in total. The molecule has 2 heteroatoms. The smallest absolute Gasteiger partial charge is 0.0502 e. The Morgan fingerprint density at radius 1 is 1.18 bits per heavy atom. The molecule has 0 bridgehead atoms. The molecule has 3 rings (SSSR count). The van der Waals surface area contributed by atoms with Crippen LogP contribution in [-0.4, -0.2) is 30.0 Å². The number of allylic oxidation sites excluding steroid dienone is 5. The Bertz CT molecular complexity index is 1010. The maximum Gasteiger partial charge on any atom is 0.0502 e. The van der Waals surface area contributed by atoms with E-state index >= 15 is 0 Å². The Kier molecular flexibility index (Phi) is 8.82. The fourth-order valence-corrected chi connectivity index (χ4v) is 5.27. The molecule has 1 atom stereocenters. The molecule has 1 aromatic heterocycles. The number of aromatic amines is 1. The normalized spacial score (nSPS) is 18.1. The third kappa shape index (κ3) is 5.72. The molecule has 1 aliphatic heterocycles. The van der Waals surface area contributed by atoms with E-state index in [-0.39, 0.29) is 0 Å². The van der Waals surface area contributed by atoms with Gasteiger partial charge in [0, 0.05) is 16.5 Å². The Balaban J connectivity index is 2.19. The summed E-state index contributed by atoms with van der Waals surface area (Å²) in [6.45, 7) is 20.4. The number of likely N-dealkylation sites (tertiary alicyclic amines) is 1. The van der Waals surface area contributed by atoms with E-state index in [1.807, 2.05) is 0 Å². The summed E-state index contributed by atoms with van der Waals surface area (Å²) in [4.78, 5) is 6.31. The molecule has 0 spiro atoms. The van der Waals surface area contributed by atoms with Crippen molar-refractivity contribution in [1.82, 2.24) is 9.88 Å². The SMILES string of the molecule is C=C/C(CCC)=C(\C=C(\C)C(C)CC)c1[nH]c2ccc(C3CCN(C)CC3)cc2c1C(C)C. The lowest BCUT2D eigenvalue weighted by molar-refractivity contribution is 0.255. The molecule has 1 unspecified atom stereocenters. The highest BCUT2D eigenvalue weighted by Crippen LogP contribution is 2.39. The number of benzene rings is 1. The van der Waals surface area contributed by atoms with E-state index in [4.69, 9.17) is 0 Å². The molecular formula is C31H46N2. The molecule has 2 nitrogen and oxygen atoms in total. The third-order valence-electron chi connectivity index (χ3n) is 7.77. The minimum atomic E-state index is 0.446. The molecule has 0 amide bonds. The zero-order chi connectivity index (χ0) is 24.1. The Morgan fingerprint density at radius 3 is 2.45 bits per heavy atom. The third-order valence-corrected chi connectivity index (χ3v) is 7.77. The summed E-state index contributed by atoms with van der Waals surface area (Å²) in [5.41, 5.74) is 9.66. The monoisotopic (exact) mass is 446 g/mol. The number of rotatable bonds is 9. The predicted molar refractivity (Wildman–Crippen MR) is 147 cm³/mol. The number of fused-ring (bicyclic) bond motifs is 1. The van der Waals surface area contributed by atoms with E-state index in [2.05, 4.69) is 95.4 Å². The number of hydrogen-bond donors (Lipinski definition) is 1. The highest BCUT2D eigenvalue weighted by molar-refractivity contribution is 5.93. The molecule has 1 fully saturated rings. The second-order valence-electron chi connectivity index (χ2n) is 10.5.